The van der Waals surface area contributed by atoms with Gasteiger partial charge in [0.05, 0.1) is 11.5 Å². The first-order valence-electron chi connectivity index (χ1n) is 11.9. The molecular formula is C26H31F3N4O2S. The summed E-state index contributed by atoms with van der Waals surface area (Å²) in [7, 11) is 1.87. The molecule has 4 rings (SSSR count). The molecule has 0 spiro atoms. The maximum absolute atomic E-state index is 13.9. The number of thioether (sulfide) groups is 1. The van der Waals surface area contributed by atoms with Crippen LogP contribution in [0.1, 0.15) is 53.9 Å². The fourth-order valence-electron chi connectivity index (χ4n) is 4.92. The number of nitrogens with one attached hydrogen (secondary N) is 1. The van der Waals surface area contributed by atoms with Crippen LogP contribution in [0.5, 0.6) is 0 Å². The minimum absolute atomic E-state index is 0.166. The number of alkyl halides is 3. The number of aliphatic carboxylic acids is 1. The normalized spacial score (nSPS) is 17.9. The van der Waals surface area contributed by atoms with E-state index in [1.807, 2.05) is 16.6 Å². The summed E-state index contributed by atoms with van der Waals surface area (Å²) in [4.78, 5) is 13.2. The molecule has 0 bridgehead atoms. The molecule has 1 aliphatic heterocycles. The van der Waals surface area contributed by atoms with Crippen LogP contribution in [0.2, 0.25) is 0 Å². The quantitative estimate of drug-likeness (QED) is 0.385. The maximum Gasteiger partial charge on any atom is 0.416 e. The molecule has 0 saturated carbocycles. The monoisotopic (exact) mass is 520 g/mol. The lowest BCUT2D eigenvalue weighted by Gasteiger charge is -2.36. The average Bonchev–Trinajstić information content (AvgIpc) is 3.06. The van der Waals surface area contributed by atoms with Crippen molar-refractivity contribution in [1.82, 2.24) is 14.7 Å². The predicted octanol–water partition coefficient (Wildman–Crippen LogP) is 5.24. The molecule has 1 aliphatic carbocycles. The molecule has 1 aromatic heterocycles. The Balaban J connectivity index is 1.47. The number of nitrogens with zero attached hydrogens (tertiary/aromatic N) is 3. The Labute approximate surface area is 213 Å². The van der Waals surface area contributed by atoms with Gasteiger partial charge in [0, 0.05) is 42.8 Å². The number of rotatable bonds is 7. The molecule has 0 radical (unpaired) electrons. The number of carboxylic acid groups (broad SMARTS) is 1. The molecule has 2 N–H and O–H groups in total. The topological polar surface area (TPSA) is 82.2 Å². The van der Waals surface area contributed by atoms with Gasteiger partial charge in [0.2, 0.25) is 0 Å². The standard InChI is InChI=1S/C26H31F3N4O2S/c1-15(36-23(30)22-19-7-9-25(2,3)12-21(19)32(4)31-22)17-6-5-16(20(11-17)26(27,28)29)8-10-33-13-18(14-33)24(34)35/h5-6,11,18,30H,1,7-10,12-14H2,2-4H3,(H,34,35). The molecule has 1 fully saturated rings. The summed E-state index contributed by atoms with van der Waals surface area (Å²) in [6.45, 7) is 9.47. The van der Waals surface area contributed by atoms with Crippen molar-refractivity contribution in [2.45, 2.75) is 45.7 Å². The molecule has 0 unspecified atom stereocenters. The first-order chi connectivity index (χ1) is 16.7. The lowest BCUT2D eigenvalue weighted by Crippen LogP contribution is -2.50. The number of hydrogen-bond donors (Lipinski definition) is 2. The number of aryl methyl sites for hydroxylation is 1. The Morgan fingerprint density at radius 2 is 2.03 bits per heavy atom. The highest BCUT2D eigenvalue weighted by atomic mass is 32.2. The molecule has 0 atom stereocenters. The van der Waals surface area contributed by atoms with Gasteiger partial charge in [0.1, 0.15) is 10.7 Å². The first-order valence-corrected chi connectivity index (χ1v) is 12.7. The maximum atomic E-state index is 13.9. The van der Waals surface area contributed by atoms with Crippen molar-refractivity contribution in [3.05, 3.63) is 58.4 Å². The number of benzene rings is 1. The van der Waals surface area contributed by atoms with Crippen LogP contribution >= 0.6 is 11.8 Å². The second kappa shape index (κ2) is 9.70. The minimum atomic E-state index is -4.53. The molecule has 6 nitrogen and oxygen atoms in total. The number of fused-ring (bicyclic) bond motifs is 1. The number of carbonyl (C=O) groups is 1. The van der Waals surface area contributed by atoms with Crippen LogP contribution < -0.4 is 0 Å². The number of aromatic nitrogens is 2. The van der Waals surface area contributed by atoms with E-state index < -0.39 is 23.6 Å². The highest BCUT2D eigenvalue weighted by Crippen LogP contribution is 2.39. The van der Waals surface area contributed by atoms with Gasteiger partial charge in [-0.3, -0.25) is 14.9 Å². The van der Waals surface area contributed by atoms with E-state index in [9.17, 15) is 18.0 Å². The van der Waals surface area contributed by atoms with E-state index in [-0.39, 0.29) is 22.4 Å². The molecule has 1 saturated heterocycles. The van der Waals surface area contributed by atoms with Gasteiger partial charge in [0.25, 0.3) is 0 Å². The fraction of sp³-hybridized carbons (Fsp3) is 0.500. The van der Waals surface area contributed by atoms with Crippen LogP contribution in [-0.2, 0) is 37.3 Å². The lowest BCUT2D eigenvalue weighted by molar-refractivity contribution is -0.147. The lowest BCUT2D eigenvalue weighted by atomic mass is 9.76. The average molecular weight is 521 g/mol. The number of carboxylic acids is 1. The van der Waals surface area contributed by atoms with Crippen molar-refractivity contribution in [2.75, 3.05) is 19.6 Å². The third-order valence-corrected chi connectivity index (χ3v) is 8.03. The Kier molecular flexibility index (Phi) is 7.13. The first kappa shape index (κ1) is 26.5. The van der Waals surface area contributed by atoms with Crippen molar-refractivity contribution >= 4 is 27.7 Å². The number of halogens is 3. The van der Waals surface area contributed by atoms with Gasteiger partial charge in [-0.25, -0.2) is 0 Å². The van der Waals surface area contributed by atoms with E-state index in [0.717, 1.165) is 48.3 Å². The van der Waals surface area contributed by atoms with Gasteiger partial charge >= 0.3 is 12.1 Å². The largest absolute Gasteiger partial charge is 0.481 e. The van der Waals surface area contributed by atoms with Crippen LogP contribution in [0.15, 0.2) is 24.8 Å². The van der Waals surface area contributed by atoms with Gasteiger partial charge in [0.15, 0.2) is 0 Å². The summed E-state index contributed by atoms with van der Waals surface area (Å²) >= 11 is 1.03. The number of likely N-dealkylation sites (tertiary alicyclic amines) is 1. The zero-order chi connectivity index (χ0) is 26.4. The second-order valence-corrected chi connectivity index (χ2v) is 11.6. The SMILES string of the molecule is C=C(SC(=N)c1nn(C)c2c1CCC(C)(C)C2)c1ccc(CCN2CC(C(=O)O)C2)c(C(F)(F)F)c1. The molecule has 36 heavy (non-hydrogen) atoms. The molecule has 2 aromatic rings. The smallest absolute Gasteiger partial charge is 0.416 e. The van der Waals surface area contributed by atoms with Crippen molar-refractivity contribution < 1.29 is 23.1 Å². The van der Waals surface area contributed by atoms with E-state index in [1.165, 1.54) is 6.07 Å². The zero-order valence-corrected chi connectivity index (χ0v) is 21.5. The Morgan fingerprint density at radius 1 is 1.33 bits per heavy atom. The van der Waals surface area contributed by atoms with Crippen LogP contribution in [-0.4, -0.2) is 50.4 Å². The summed E-state index contributed by atoms with van der Waals surface area (Å²) < 4.78 is 43.5. The third-order valence-electron chi connectivity index (χ3n) is 7.15. The summed E-state index contributed by atoms with van der Waals surface area (Å²) in [5.74, 6) is -1.32. The highest BCUT2D eigenvalue weighted by Gasteiger charge is 2.36. The van der Waals surface area contributed by atoms with E-state index >= 15 is 0 Å². The van der Waals surface area contributed by atoms with Crippen LogP contribution in [0.3, 0.4) is 0 Å². The highest BCUT2D eigenvalue weighted by molar-refractivity contribution is 8.22. The Bertz CT molecular complexity index is 1210. The van der Waals surface area contributed by atoms with E-state index in [2.05, 4.69) is 25.5 Å². The van der Waals surface area contributed by atoms with E-state index in [4.69, 9.17) is 10.5 Å². The van der Waals surface area contributed by atoms with Crippen molar-refractivity contribution in [3.63, 3.8) is 0 Å². The third kappa shape index (κ3) is 5.54. The van der Waals surface area contributed by atoms with Crippen LogP contribution in [0.25, 0.3) is 4.91 Å². The summed E-state index contributed by atoms with van der Waals surface area (Å²) in [5.41, 5.74) is 2.67. The fourth-order valence-corrected chi connectivity index (χ4v) is 5.68. The minimum Gasteiger partial charge on any atom is -0.481 e. The molecule has 0 amide bonds. The van der Waals surface area contributed by atoms with Crippen molar-refractivity contribution in [1.29, 1.82) is 5.41 Å². The predicted molar refractivity (Wildman–Crippen MR) is 135 cm³/mol. The van der Waals surface area contributed by atoms with Crippen LogP contribution in [0, 0.1) is 16.7 Å². The molecule has 1 aromatic carbocycles. The Hall–Kier alpha value is -2.59. The van der Waals surface area contributed by atoms with Gasteiger partial charge in [-0.05, 0) is 48.3 Å². The van der Waals surface area contributed by atoms with Crippen LogP contribution in [0.4, 0.5) is 13.2 Å². The van der Waals surface area contributed by atoms with Gasteiger partial charge in [-0.15, -0.1) is 0 Å². The number of hydrogen-bond acceptors (Lipinski definition) is 5. The molecule has 2 heterocycles. The summed E-state index contributed by atoms with van der Waals surface area (Å²) in [5, 5.41) is 22.3. The summed E-state index contributed by atoms with van der Waals surface area (Å²) in [6, 6.07) is 4.18. The molecule has 10 heteroatoms. The summed E-state index contributed by atoms with van der Waals surface area (Å²) in [6.07, 6.45) is -1.68. The van der Waals surface area contributed by atoms with Crippen molar-refractivity contribution in [2.24, 2.45) is 18.4 Å². The zero-order valence-electron chi connectivity index (χ0n) is 20.7. The van der Waals surface area contributed by atoms with Gasteiger partial charge in [-0.1, -0.05) is 44.3 Å². The second-order valence-electron chi connectivity index (χ2n) is 10.5. The van der Waals surface area contributed by atoms with E-state index in [1.54, 1.807) is 6.07 Å². The van der Waals surface area contributed by atoms with Crippen molar-refractivity contribution in [3.8, 4) is 0 Å². The van der Waals surface area contributed by atoms with Gasteiger partial charge in [-0.2, -0.15) is 18.3 Å². The Morgan fingerprint density at radius 3 is 2.67 bits per heavy atom. The van der Waals surface area contributed by atoms with Gasteiger partial charge < -0.3 is 10.0 Å². The van der Waals surface area contributed by atoms with E-state index in [0.29, 0.717) is 35.8 Å². The molecular weight excluding hydrogens is 489 g/mol. The molecule has 2 aliphatic rings. The molecule has 194 valence electrons.